The zero-order valence-electron chi connectivity index (χ0n) is 26.0. The predicted molar refractivity (Wildman–Crippen MR) is 157 cm³/mol. The van der Waals surface area contributed by atoms with Crippen LogP contribution in [-0.4, -0.2) is 110 Å². The lowest BCUT2D eigenvalue weighted by Gasteiger charge is -2.46. The largest absolute Gasteiger partial charge is 0.468 e. The molecule has 2 amide bonds. The first-order chi connectivity index (χ1) is 20.4. The molecule has 14 heteroatoms. The highest BCUT2D eigenvalue weighted by Gasteiger charge is 2.48. The Kier molecular flexibility index (Phi) is 13.9. The minimum Gasteiger partial charge on any atom is -0.468 e. The number of rotatable bonds is 13. The van der Waals surface area contributed by atoms with Crippen molar-refractivity contribution in [1.29, 1.82) is 0 Å². The fourth-order valence-electron chi connectivity index (χ4n) is 5.33. The van der Waals surface area contributed by atoms with E-state index in [0.717, 1.165) is 25.1 Å². The molecule has 2 fully saturated rings. The predicted octanol–water partition coefficient (Wildman–Crippen LogP) is -0.0495. The van der Waals surface area contributed by atoms with E-state index in [4.69, 9.17) is 35.2 Å². The van der Waals surface area contributed by atoms with Crippen LogP contribution in [0.1, 0.15) is 66.2 Å². The molecular formula is C29H53N5O9. The van der Waals surface area contributed by atoms with Gasteiger partial charge in [-0.25, -0.2) is 4.79 Å². The minimum atomic E-state index is -1.26. The van der Waals surface area contributed by atoms with Crippen molar-refractivity contribution in [2.24, 2.45) is 17.4 Å². The van der Waals surface area contributed by atoms with Gasteiger partial charge in [-0.3, -0.25) is 4.79 Å². The standard InChI is InChI=1S/C29H53N5O9/c1-17-13-21(35)27(39-16-17)42-26-20(34-22(36)9-12-33-28(38)43-29(2,3)4)14-19(31)25(24(26)37)41-23-8-5-7-18(40-23)15-32-11-6-10-30/h7,17,19-21,23-27,32,35,37H,5-6,8-16,30-31H2,1-4H3,(H,33,38)(H,34,36)/t17-,19-,20+,21+,23+,24-,25+,26-,27+/m0/s1. The molecule has 0 spiro atoms. The molecule has 43 heavy (non-hydrogen) atoms. The first kappa shape index (κ1) is 35.4. The van der Waals surface area contributed by atoms with Crippen LogP contribution < -0.4 is 27.4 Å². The van der Waals surface area contributed by atoms with Crippen molar-refractivity contribution < 1.29 is 43.5 Å². The summed E-state index contributed by atoms with van der Waals surface area (Å²) in [5.74, 6) is 0.525. The van der Waals surface area contributed by atoms with Gasteiger partial charge in [0.1, 0.15) is 35.8 Å². The maximum atomic E-state index is 12.9. The summed E-state index contributed by atoms with van der Waals surface area (Å²) in [6.45, 7) is 9.57. The molecule has 3 rings (SSSR count). The lowest BCUT2D eigenvalue weighted by molar-refractivity contribution is -0.282. The van der Waals surface area contributed by atoms with E-state index in [1.165, 1.54) is 0 Å². The highest BCUT2D eigenvalue weighted by molar-refractivity contribution is 5.77. The van der Waals surface area contributed by atoms with Crippen LogP contribution in [-0.2, 0) is 28.5 Å². The molecule has 248 valence electrons. The van der Waals surface area contributed by atoms with E-state index in [0.29, 0.717) is 32.5 Å². The monoisotopic (exact) mass is 615 g/mol. The molecule has 1 saturated heterocycles. The van der Waals surface area contributed by atoms with E-state index in [9.17, 15) is 19.8 Å². The Balaban J connectivity index is 1.63. The molecule has 9 N–H and O–H groups in total. The van der Waals surface area contributed by atoms with E-state index in [2.05, 4.69) is 16.0 Å². The SMILES string of the molecule is C[C@@H]1CO[C@H](O[C@@H]2[C@@H](O)[C@H](O[C@@H]3CCC=C(CNCCCN)O3)[C@@H](N)C[C@H]2NC(=O)CCNC(=O)OC(C)(C)C)[C@H](O)C1. The summed E-state index contributed by atoms with van der Waals surface area (Å²) in [7, 11) is 0. The highest BCUT2D eigenvalue weighted by Crippen LogP contribution is 2.31. The summed E-state index contributed by atoms with van der Waals surface area (Å²) in [5, 5.41) is 30.9. The third kappa shape index (κ3) is 11.8. The summed E-state index contributed by atoms with van der Waals surface area (Å²) < 4.78 is 29.3. The van der Waals surface area contributed by atoms with Crippen LogP contribution in [0.3, 0.4) is 0 Å². The number of hydrogen-bond donors (Lipinski definition) is 7. The molecular weight excluding hydrogens is 562 g/mol. The Morgan fingerprint density at radius 3 is 2.60 bits per heavy atom. The Morgan fingerprint density at radius 2 is 1.91 bits per heavy atom. The van der Waals surface area contributed by atoms with Crippen LogP contribution in [0.2, 0.25) is 0 Å². The Bertz CT molecular complexity index is 917. The van der Waals surface area contributed by atoms with Gasteiger partial charge in [0.15, 0.2) is 12.6 Å². The maximum absolute atomic E-state index is 12.9. The Morgan fingerprint density at radius 1 is 1.14 bits per heavy atom. The van der Waals surface area contributed by atoms with E-state index in [1.807, 2.05) is 13.0 Å². The second-order valence-corrected chi connectivity index (χ2v) is 12.7. The van der Waals surface area contributed by atoms with Gasteiger partial charge in [-0.15, -0.1) is 0 Å². The van der Waals surface area contributed by atoms with E-state index in [1.54, 1.807) is 20.8 Å². The van der Waals surface area contributed by atoms with Crippen molar-refractivity contribution in [1.82, 2.24) is 16.0 Å². The number of carbonyl (C=O) groups is 2. The van der Waals surface area contributed by atoms with Gasteiger partial charge in [0.25, 0.3) is 0 Å². The molecule has 0 aromatic carbocycles. The summed E-state index contributed by atoms with van der Waals surface area (Å²) in [4.78, 5) is 24.8. The molecule has 3 aliphatic rings. The third-order valence-electron chi connectivity index (χ3n) is 7.40. The molecule has 2 heterocycles. The number of aliphatic hydroxyl groups excluding tert-OH is 2. The minimum absolute atomic E-state index is 0.0296. The van der Waals surface area contributed by atoms with Crippen LogP contribution in [0, 0.1) is 5.92 Å². The topological polar surface area (TPSA) is 209 Å². The fourth-order valence-corrected chi connectivity index (χ4v) is 5.33. The average molecular weight is 616 g/mol. The Labute approximate surface area is 254 Å². The maximum Gasteiger partial charge on any atom is 0.407 e. The summed E-state index contributed by atoms with van der Waals surface area (Å²) >= 11 is 0. The van der Waals surface area contributed by atoms with Crippen molar-refractivity contribution in [3.8, 4) is 0 Å². The van der Waals surface area contributed by atoms with Crippen molar-refractivity contribution in [3.63, 3.8) is 0 Å². The zero-order valence-corrected chi connectivity index (χ0v) is 26.0. The second-order valence-electron chi connectivity index (χ2n) is 12.7. The molecule has 1 aliphatic carbocycles. The number of nitrogens with one attached hydrogen (secondary N) is 3. The van der Waals surface area contributed by atoms with Gasteiger partial charge in [-0.2, -0.15) is 0 Å². The van der Waals surface area contributed by atoms with Gasteiger partial charge in [0.2, 0.25) is 5.91 Å². The zero-order chi connectivity index (χ0) is 31.6. The molecule has 0 radical (unpaired) electrons. The second kappa shape index (κ2) is 16.9. The quantitative estimate of drug-likeness (QED) is 0.136. The molecule has 0 bridgehead atoms. The molecule has 9 atom stereocenters. The molecule has 0 aromatic rings. The number of carbonyl (C=O) groups excluding carboxylic acids is 2. The number of amides is 2. The van der Waals surface area contributed by atoms with E-state index in [-0.39, 0.29) is 31.2 Å². The number of aliphatic hydroxyl groups is 2. The molecule has 0 aromatic heterocycles. The Hall–Kier alpha value is -2.04. The highest BCUT2D eigenvalue weighted by atomic mass is 16.7. The first-order valence-electron chi connectivity index (χ1n) is 15.4. The van der Waals surface area contributed by atoms with Gasteiger partial charge < -0.3 is 61.3 Å². The normalized spacial score (nSPS) is 33.2. The lowest BCUT2D eigenvalue weighted by Crippen LogP contribution is -2.66. The van der Waals surface area contributed by atoms with Crippen LogP contribution in [0.25, 0.3) is 0 Å². The number of alkyl carbamates (subject to hydrolysis) is 1. The fraction of sp³-hybridized carbons (Fsp3) is 0.862. The van der Waals surface area contributed by atoms with Crippen molar-refractivity contribution in [2.45, 2.75) is 121 Å². The number of allylic oxidation sites excluding steroid dienone is 1. The number of ether oxygens (including phenoxy) is 5. The van der Waals surface area contributed by atoms with Gasteiger partial charge in [0.05, 0.1) is 19.2 Å². The van der Waals surface area contributed by atoms with Crippen molar-refractivity contribution in [3.05, 3.63) is 11.8 Å². The van der Waals surface area contributed by atoms with Gasteiger partial charge >= 0.3 is 6.09 Å². The van der Waals surface area contributed by atoms with Crippen molar-refractivity contribution in [2.75, 3.05) is 32.8 Å². The van der Waals surface area contributed by atoms with Gasteiger partial charge in [-0.1, -0.05) is 6.92 Å². The van der Waals surface area contributed by atoms with Crippen LogP contribution in [0.4, 0.5) is 4.79 Å². The smallest absolute Gasteiger partial charge is 0.407 e. The van der Waals surface area contributed by atoms with Gasteiger partial charge in [0, 0.05) is 25.4 Å². The third-order valence-corrected chi connectivity index (χ3v) is 7.40. The molecule has 2 aliphatic heterocycles. The van der Waals surface area contributed by atoms with Crippen LogP contribution in [0.15, 0.2) is 11.8 Å². The number of hydrogen-bond acceptors (Lipinski definition) is 12. The summed E-state index contributed by atoms with van der Waals surface area (Å²) in [5.41, 5.74) is 11.4. The molecule has 1 saturated carbocycles. The van der Waals surface area contributed by atoms with Crippen molar-refractivity contribution >= 4 is 12.0 Å². The number of nitrogens with two attached hydrogens (primary N) is 2. The summed E-state index contributed by atoms with van der Waals surface area (Å²) in [6.07, 6.45) is -1.38. The van der Waals surface area contributed by atoms with E-state index >= 15 is 0 Å². The summed E-state index contributed by atoms with van der Waals surface area (Å²) in [6, 6.07) is -1.36. The average Bonchev–Trinajstić information content (AvgIpc) is 2.91. The van der Waals surface area contributed by atoms with Gasteiger partial charge in [-0.05, 0) is 71.5 Å². The molecule has 0 unspecified atom stereocenters. The van der Waals surface area contributed by atoms with E-state index < -0.39 is 60.8 Å². The first-order valence-corrected chi connectivity index (χ1v) is 15.4. The van der Waals surface area contributed by atoms with Crippen LogP contribution >= 0.6 is 0 Å². The molecule has 14 nitrogen and oxygen atoms in total. The van der Waals surface area contributed by atoms with Crippen LogP contribution in [0.5, 0.6) is 0 Å². The lowest BCUT2D eigenvalue weighted by atomic mass is 9.83.